The van der Waals surface area contributed by atoms with Crippen LogP contribution in [0.2, 0.25) is 0 Å². The molecule has 1 aliphatic carbocycles. The van der Waals surface area contributed by atoms with Crippen LogP contribution in [-0.2, 0) is 4.74 Å². The highest BCUT2D eigenvalue weighted by atomic mass is 16.5. The Balaban J connectivity index is 2.16. The standard InChI is InChI=1S/C9H12O/c1-7-3-2-4-9-8(7)5-6-10-9/h5-6,8-9H,1-4H2. The molecular weight excluding hydrogens is 124 g/mol. The maximum atomic E-state index is 5.39. The van der Waals surface area contributed by atoms with Crippen LogP contribution in [0.1, 0.15) is 19.3 Å². The predicted molar refractivity (Wildman–Crippen MR) is 40.5 cm³/mol. The van der Waals surface area contributed by atoms with Crippen LogP contribution in [-0.4, -0.2) is 6.10 Å². The van der Waals surface area contributed by atoms with E-state index in [0.29, 0.717) is 12.0 Å². The van der Waals surface area contributed by atoms with E-state index in [0.717, 1.165) is 0 Å². The fourth-order valence-corrected chi connectivity index (χ4v) is 1.78. The molecule has 0 bridgehead atoms. The van der Waals surface area contributed by atoms with Gasteiger partial charge in [0.25, 0.3) is 0 Å². The Hall–Kier alpha value is -0.720. The van der Waals surface area contributed by atoms with Crippen LogP contribution in [0.4, 0.5) is 0 Å². The molecule has 2 atom stereocenters. The zero-order valence-corrected chi connectivity index (χ0v) is 6.05. The van der Waals surface area contributed by atoms with Crippen molar-refractivity contribution >= 4 is 0 Å². The van der Waals surface area contributed by atoms with Gasteiger partial charge in [-0.1, -0.05) is 12.2 Å². The Morgan fingerprint density at radius 3 is 3.30 bits per heavy atom. The molecule has 10 heavy (non-hydrogen) atoms. The summed E-state index contributed by atoms with van der Waals surface area (Å²) in [6, 6.07) is 0. The molecule has 0 saturated heterocycles. The molecule has 54 valence electrons. The first-order valence-corrected chi connectivity index (χ1v) is 3.88. The second kappa shape index (κ2) is 2.15. The summed E-state index contributed by atoms with van der Waals surface area (Å²) in [5.74, 6) is 0.536. The highest BCUT2D eigenvalue weighted by molar-refractivity contribution is 5.17. The highest BCUT2D eigenvalue weighted by Crippen LogP contribution is 2.34. The molecule has 0 amide bonds. The minimum Gasteiger partial charge on any atom is -0.497 e. The van der Waals surface area contributed by atoms with Crippen LogP contribution >= 0.6 is 0 Å². The van der Waals surface area contributed by atoms with Crippen molar-refractivity contribution in [2.45, 2.75) is 25.4 Å². The molecule has 1 fully saturated rings. The molecule has 2 aliphatic rings. The first-order valence-electron chi connectivity index (χ1n) is 3.88. The van der Waals surface area contributed by atoms with E-state index in [1.54, 1.807) is 0 Å². The van der Waals surface area contributed by atoms with Gasteiger partial charge in [0.05, 0.1) is 6.26 Å². The van der Waals surface area contributed by atoms with Crippen molar-refractivity contribution in [2.24, 2.45) is 5.92 Å². The summed E-state index contributed by atoms with van der Waals surface area (Å²) >= 11 is 0. The maximum Gasteiger partial charge on any atom is 0.108 e. The summed E-state index contributed by atoms with van der Waals surface area (Å²) in [5.41, 5.74) is 1.35. The van der Waals surface area contributed by atoms with Gasteiger partial charge in [-0.15, -0.1) is 0 Å². The van der Waals surface area contributed by atoms with E-state index in [1.807, 2.05) is 6.26 Å². The Bertz CT molecular complexity index is 181. The molecule has 0 aromatic carbocycles. The fourth-order valence-electron chi connectivity index (χ4n) is 1.78. The van der Waals surface area contributed by atoms with Gasteiger partial charge in [-0.2, -0.15) is 0 Å². The van der Waals surface area contributed by atoms with Crippen molar-refractivity contribution < 1.29 is 4.74 Å². The van der Waals surface area contributed by atoms with Crippen molar-refractivity contribution in [1.29, 1.82) is 0 Å². The van der Waals surface area contributed by atoms with Crippen LogP contribution in [0.3, 0.4) is 0 Å². The van der Waals surface area contributed by atoms with E-state index < -0.39 is 0 Å². The van der Waals surface area contributed by atoms with Crippen LogP contribution in [0.5, 0.6) is 0 Å². The molecular formula is C9H12O. The van der Waals surface area contributed by atoms with Crippen molar-refractivity contribution in [2.75, 3.05) is 0 Å². The molecule has 0 aromatic heterocycles. The molecule has 0 radical (unpaired) electrons. The second-order valence-electron chi connectivity index (χ2n) is 3.08. The van der Waals surface area contributed by atoms with Gasteiger partial charge in [0.15, 0.2) is 0 Å². The maximum absolute atomic E-state index is 5.39. The second-order valence-corrected chi connectivity index (χ2v) is 3.08. The summed E-state index contributed by atoms with van der Waals surface area (Å²) in [4.78, 5) is 0. The monoisotopic (exact) mass is 136 g/mol. The first-order chi connectivity index (χ1) is 4.88. The van der Waals surface area contributed by atoms with Crippen LogP contribution in [0.25, 0.3) is 0 Å². The fraction of sp³-hybridized carbons (Fsp3) is 0.556. The molecule has 1 heteroatoms. The number of hydrogen-bond acceptors (Lipinski definition) is 1. The minimum atomic E-state index is 0.432. The summed E-state index contributed by atoms with van der Waals surface area (Å²) in [7, 11) is 0. The van der Waals surface area contributed by atoms with E-state index in [-0.39, 0.29) is 0 Å². The molecule has 0 spiro atoms. The number of rotatable bonds is 0. The number of hydrogen-bond donors (Lipinski definition) is 0. The molecule has 1 saturated carbocycles. The third-order valence-corrected chi connectivity index (χ3v) is 2.40. The van der Waals surface area contributed by atoms with Gasteiger partial charge < -0.3 is 4.74 Å². The van der Waals surface area contributed by atoms with Gasteiger partial charge in [0.1, 0.15) is 6.10 Å². The lowest BCUT2D eigenvalue weighted by atomic mass is 9.84. The van der Waals surface area contributed by atoms with E-state index >= 15 is 0 Å². The third-order valence-electron chi connectivity index (χ3n) is 2.40. The first kappa shape index (κ1) is 6.02. The van der Waals surface area contributed by atoms with E-state index in [9.17, 15) is 0 Å². The summed E-state index contributed by atoms with van der Waals surface area (Å²) in [6.07, 6.45) is 8.03. The Morgan fingerprint density at radius 1 is 1.60 bits per heavy atom. The van der Waals surface area contributed by atoms with Gasteiger partial charge in [0, 0.05) is 5.92 Å². The zero-order chi connectivity index (χ0) is 6.97. The lowest BCUT2D eigenvalue weighted by molar-refractivity contribution is 0.122. The van der Waals surface area contributed by atoms with Gasteiger partial charge in [-0.25, -0.2) is 0 Å². The van der Waals surface area contributed by atoms with Crippen molar-refractivity contribution in [3.05, 3.63) is 24.5 Å². The van der Waals surface area contributed by atoms with Crippen LogP contribution < -0.4 is 0 Å². The topological polar surface area (TPSA) is 9.23 Å². The molecule has 1 aliphatic heterocycles. The SMILES string of the molecule is C=C1CCCC2OC=CC12. The molecule has 1 nitrogen and oxygen atoms in total. The molecule has 0 N–H and O–H groups in total. The lowest BCUT2D eigenvalue weighted by Gasteiger charge is -2.25. The largest absolute Gasteiger partial charge is 0.497 e. The van der Waals surface area contributed by atoms with Gasteiger partial charge in [0.2, 0.25) is 0 Å². The molecule has 2 unspecified atom stereocenters. The lowest BCUT2D eigenvalue weighted by Crippen LogP contribution is -2.22. The van der Waals surface area contributed by atoms with Crippen LogP contribution in [0, 0.1) is 5.92 Å². The van der Waals surface area contributed by atoms with E-state index in [4.69, 9.17) is 4.74 Å². The number of fused-ring (bicyclic) bond motifs is 1. The molecule has 2 rings (SSSR count). The van der Waals surface area contributed by atoms with E-state index in [1.165, 1.54) is 24.8 Å². The predicted octanol–water partition coefficient (Wildman–Crippen LogP) is 2.26. The highest BCUT2D eigenvalue weighted by Gasteiger charge is 2.29. The quantitative estimate of drug-likeness (QED) is 0.464. The third kappa shape index (κ3) is 0.772. The Kier molecular flexibility index (Phi) is 1.30. The summed E-state index contributed by atoms with van der Waals surface area (Å²) < 4.78 is 5.39. The molecule has 0 aromatic rings. The van der Waals surface area contributed by atoms with Gasteiger partial charge >= 0.3 is 0 Å². The average Bonchev–Trinajstić information content (AvgIpc) is 2.36. The Labute approximate surface area is 61.4 Å². The molecule has 1 heterocycles. The zero-order valence-electron chi connectivity index (χ0n) is 6.05. The average molecular weight is 136 g/mol. The minimum absolute atomic E-state index is 0.432. The van der Waals surface area contributed by atoms with Gasteiger partial charge in [-0.05, 0) is 25.3 Å². The van der Waals surface area contributed by atoms with Crippen molar-refractivity contribution in [3.8, 4) is 0 Å². The normalized spacial score (nSPS) is 37.4. The van der Waals surface area contributed by atoms with Gasteiger partial charge in [-0.3, -0.25) is 0 Å². The summed E-state index contributed by atoms with van der Waals surface area (Å²) in [5, 5.41) is 0. The van der Waals surface area contributed by atoms with Crippen molar-refractivity contribution in [3.63, 3.8) is 0 Å². The van der Waals surface area contributed by atoms with E-state index in [2.05, 4.69) is 12.7 Å². The smallest absolute Gasteiger partial charge is 0.108 e. The van der Waals surface area contributed by atoms with Crippen molar-refractivity contribution in [1.82, 2.24) is 0 Å². The van der Waals surface area contributed by atoms with Crippen LogP contribution in [0.15, 0.2) is 24.5 Å². The summed E-state index contributed by atoms with van der Waals surface area (Å²) in [6.45, 7) is 4.03. The Morgan fingerprint density at radius 2 is 2.50 bits per heavy atom. The number of ether oxygens (including phenoxy) is 1.